The topological polar surface area (TPSA) is 12.4 Å². The third-order valence-electron chi connectivity index (χ3n) is 5.35. The number of rotatable bonds is 10. The summed E-state index contributed by atoms with van der Waals surface area (Å²) < 4.78 is 0. The molecule has 0 spiro atoms. The highest BCUT2D eigenvalue weighted by molar-refractivity contribution is 6.03. The summed E-state index contributed by atoms with van der Waals surface area (Å²) in [4.78, 5) is 4.81. The van der Waals surface area contributed by atoms with E-state index in [0.717, 1.165) is 0 Å². The van der Waals surface area contributed by atoms with Gasteiger partial charge in [0.1, 0.15) is 0 Å². The van der Waals surface area contributed by atoms with Gasteiger partial charge < -0.3 is 0 Å². The molecule has 0 fully saturated rings. The van der Waals surface area contributed by atoms with Crippen molar-refractivity contribution in [3.63, 3.8) is 0 Å². The molecule has 0 aromatic carbocycles. The van der Waals surface area contributed by atoms with E-state index in [9.17, 15) is 0 Å². The molecular weight excluding hydrogens is 266 g/mol. The summed E-state index contributed by atoms with van der Waals surface area (Å²) in [5.74, 6) is 2.57. The predicted molar refractivity (Wildman–Crippen MR) is 103 cm³/mol. The number of aliphatic imine (C=N–C) groups is 1. The Bertz CT molecular complexity index is 358. The van der Waals surface area contributed by atoms with Crippen molar-refractivity contribution >= 4 is 5.71 Å². The van der Waals surface area contributed by atoms with Crippen molar-refractivity contribution < 1.29 is 0 Å². The lowest BCUT2D eigenvalue weighted by Crippen LogP contribution is -2.26. The maximum atomic E-state index is 4.81. The highest BCUT2D eigenvalue weighted by Gasteiger charge is 2.26. The second-order valence-corrected chi connectivity index (χ2v) is 7.17. The molecule has 0 aliphatic carbocycles. The summed E-state index contributed by atoms with van der Waals surface area (Å²) >= 11 is 0. The van der Waals surface area contributed by atoms with Crippen LogP contribution in [0.15, 0.2) is 16.1 Å². The number of hydrogen-bond acceptors (Lipinski definition) is 1. The first kappa shape index (κ1) is 21.4. The Kier molecular flexibility index (Phi) is 10.7. The Morgan fingerprint density at radius 3 is 1.77 bits per heavy atom. The third-order valence-corrected chi connectivity index (χ3v) is 5.35. The van der Waals surface area contributed by atoms with Gasteiger partial charge in [0.15, 0.2) is 0 Å². The van der Waals surface area contributed by atoms with Crippen LogP contribution >= 0.6 is 0 Å². The zero-order valence-corrected chi connectivity index (χ0v) is 16.8. The average Bonchev–Trinajstić information content (AvgIpc) is 2.47. The predicted octanol–water partition coefficient (Wildman–Crippen LogP) is 6.93. The molecule has 0 aromatic rings. The molecule has 22 heavy (non-hydrogen) atoms. The van der Waals surface area contributed by atoms with E-state index in [-0.39, 0.29) is 0 Å². The van der Waals surface area contributed by atoms with Crippen LogP contribution in [-0.4, -0.2) is 12.8 Å². The van der Waals surface area contributed by atoms with Crippen LogP contribution in [0.25, 0.3) is 0 Å². The highest BCUT2D eigenvalue weighted by Crippen LogP contribution is 2.33. The van der Waals surface area contributed by atoms with E-state index >= 15 is 0 Å². The molecule has 0 N–H and O–H groups in total. The van der Waals surface area contributed by atoms with Gasteiger partial charge in [-0.3, -0.25) is 4.99 Å². The molecule has 1 nitrogen and oxygen atoms in total. The molecule has 1 heteroatoms. The Hall–Kier alpha value is -0.590. The van der Waals surface area contributed by atoms with Crippen molar-refractivity contribution in [1.29, 1.82) is 0 Å². The minimum absolute atomic E-state index is 0.587. The molecule has 2 unspecified atom stereocenters. The summed E-state index contributed by atoms with van der Waals surface area (Å²) in [6.45, 7) is 18.7. The SMILES string of the molecule is CCCC(C)/C(C(=NC)C(CC)C(C)C)=C(\C)C(CC)CC. The van der Waals surface area contributed by atoms with Gasteiger partial charge in [-0.25, -0.2) is 0 Å². The van der Waals surface area contributed by atoms with Crippen LogP contribution in [-0.2, 0) is 0 Å². The summed E-state index contributed by atoms with van der Waals surface area (Å²) in [6.07, 6.45) is 6.17. The van der Waals surface area contributed by atoms with E-state index in [0.29, 0.717) is 23.7 Å². The number of allylic oxidation sites excluding steroid dienone is 2. The average molecular weight is 308 g/mol. The minimum atomic E-state index is 0.587. The lowest BCUT2D eigenvalue weighted by molar-refractivity contribution is 0.471. The quantitative estimate of drug-likeness (QED) is 0.388. The van der Waals surface area contributed by atoms with E-state index in [2.05, 4.69) is 55.4 Å². The minimum Gasteiger partial charge on any atom is -0.292 e. The van der Waals surface area contributed by atoms with Crippen molar-refractivity contribution in [2.75, 3.05) is 7.05 Å². The van der Waals surface area contributed by atoms with Gasteiger partial charge in [-0.15, -0.1) is 0 Å². The van der Waals surface area contributed by atoms with Gasteiger partial charge in [-0.05, 0) is 55.9 Å². The Morgan fingerprint density at radius 1 is 0.909 bits per heavy atom. The molecule has 0 aliphatic rings. The monoisotopic (exact) mass is 307 g/mol. The van der Waals surface area contributed by atoms with Gasteiger partial charge in [0.05, 0.1) is 0 Å². The molecule has 2 atom stereocenters. The fraction of sp³-hybridized carbons (Fsp3) is 0.857. The summed E-state index contributed by atoms with van der Waals surface area (Å²) in [6, 6.07) is 0. The first-order valence-electron chi connectivity index (χ1n) is 9.56. The van der Waals surface area contributed by atoms with Crippen LogP contribution in [0.3, 0.4) is 0 Å². The fourth-order valence-corrected chi connectivity index (χ4v) is 4.01. The van der Waals surface area contributed by atoms with Crippen molar-refractivity contribution in [3.05, 3.63) is 11.1 Å². The van der Waals surface area contributed by atoms with Crippen LogP contribution in [0.4, 0.5) is 0 Å². The fourth-order valence-electron chi connectivity index (χ4n) is 4.01. The first-order valence-corrected chi connectivity index (χ1v) is 9.56. The Labute approximate surface area is 140 Å². The van der Waals surface area contributed by atoms with Crippen LogP contribution in [0.5, 0.6) is 0 Å². The van der Waals surface area contributed by atoms with Crippen LogP contribution < -0.4 is 0 Å². The molecule has 0 saturated carbocycles. The van der Waals surface area contributed by atoms with Crippen LogP contribution in [0, 0.1) is 23.7 Å². The van der Waals surface area contributed by atoms with E-state index in [1.807, 2.05) is 7.05 Å². The molecule has 0 heterocycles. The molecule has 0 saturated heterocycles. The van der Waals surface area contributed by atoms with Crippen molar-refractivity contribution in [1.82, 2.24) is 0 Å². The second-order valence-electron chi connectivity index (χ2n) is 7.17. The van der Waals surface area contributed by atoms with Crippen molar-refractivity contribution in [2.24, 2.45) is 28.7 Å². The van der Waals surface area contributed by atoms with Gasteiger partial charge in [0.2, 0.25) is 0 Å². The maximum Gasteiger partial charge on any atom is 0.0412 e. The molecule has 0 bridgehead atoms. The molecule has 130 valence electrons. The van der Waals surface area contributed by atoms with Gasteiger partial charge in [-0.2, -0.15) is 0 Å². The maximum absolute atomic E-state index is 4.81. The summed E-state index contributed by atoms with van der Waals surface area (Å²) in [5, 5.41) is 0. The normalized spacial score (nSPS) is 17.0. The highest BCUT2D eigenvalue weighted by atomic mass is 14.7. The Balaban J connectivity index is 5.99. The molecule has 0 amide bonds. The zero-order valence-electron chi connectivity index (χ0n) is 16.8. The third kappa shape index (κ3) is 5.56. The molecule has 0 aliphatic heterocycles. The van der Waals surface area contributed by atoms with E-state index in [4.69, 9.17) is 4.99 Å². The van der Waals surface area contributed by atoms with E-state index in [1.165, 1.54) is 37.8 Å². The smallest absolute Gasteiger partial charge is 0.0412 e. The molecular formula is C21H41N. The number of hydrogen-bond donors (Lipinski definition) is 0. The molecule has 0 rings (SSSR count). The van der Waals surface area contributed by atoms with E-state index in [1.54, 1.807) is 11.1 Å². The summed E-state index contributed by atoms with van der Waals surface area (Å²) in [7, 11) is 2.00. The summed E-state index contributed by atoms with van der Waals surface area (Å²) in [5.41, 5.74) is 4.58. The van der Waals surface area contributed by atoms with Gasteiger partial charge in [0, 0.05) is 18.7 Å². The first-order chi connectivity index (χ1) is 10.4. The zero-order chi connectivity index (χ0) is 17.3. The lowest BCUT2D eigenvalue weighted by Gasteiger charge is -2.30. The largest absolute Gasteiger partial charge is 0.292 e. The second kappa shape index (κ2) is 11.0. The Morgan fingerprint density at radius 2 is 1.45 bits per heavy atom. The van der Waals surface area contributed by atoms with Crippen LogP contribution in [0.1, 0.15) is 87.5 Å². The molecule has 0 radical (unpaired) electrons. The standard InChI is InChI=1S/C21H41N/c1-10-14-16(7)20(17(8)18(11-2)12-3)21(22-9)19(13-4)15(5)6/h15-16,18-19H,10-14H2,1-9H3/b20-17-,22-21?. The number of nitrogens with zero attached hydrogens (tertiary/aromatic N) is 1. The van der Waals surface area contributed by atoms with Gasteiger partial charge >= 0.3 is 0 Å². The molecule has 0 aromatic heterocycles. The lowest BCUT2D eigenvalue weighted by atomic mass is 9.76. The van der Waals surface area contributed by atoms with Gasteiger partial charge in [0.25, 0.3) is 0 Å². The van der Waals surface area contributed by atoms with Crippen molar-refractivity contribution in [2.45, 2.75) is 87.5 Å². The van der Waals surface area contributed by atoms with Gasteiger partial charge in [-0.1, -0.05) is 60.5 Å². The van der Waals surface area contributed by atoms with Crippen LogP contribution in [0.2, 0.25) is 0 Å². The van der Waals surface area contributed by atoms with Crippen molar-refractivity contribution in [3.8, 4) is 0 Å². The van der Waals surface area contributed by atoms with E-state index < -0.39 is 0 Å².